The molecule has 1 N–H and O–H groups in total. The lowest BCUT2D eigenvalue weighted by Gasteiger charge is -2.19. The van der Waals surface area contributed by atoms with Crippen LogP contribution in [0.5, 0.6) is 11.5 Å². The molecule has 2 aromatic carbocycles. The Morgan fingerprint density at radius 3 is 2.57 bits per heavy atom. The Kier molecular flexibility index (Phi) is 7.70. The van der Waals surface area contributed by atoms with Gasteiger partial charge < -0.3 is 15.0 Å². The quantitative estimate of drug-likeness (QED) is 0.435. The summed E-state index contributed by atoms with van der Waals surface area (Å²) in [7, 11) is 0. The highest BCUT2D eigenvalue weighted by molar-refractivity contribution is 7.14. The molecule has 0 atom stereocenters. The van der Waals surface area contributed by atoms with E-state index in [0.717, 1.165) is 27.6 Å². The van der Waals surface area contributed by atoms with Gasteiger partial charge in [-0.05, 0) is 42.8 Å². The van der Waals surface area contributed by atoms with Gasteiger partial charge in [-0.3, -0.25) is 9.59 Å². The van der Waals surface area contributed by atoms with E-state index in [9.17, 15) is 18.4 Å². The number of halogens is 2. The summed E-state index contributed by atoms with van der Waals surface area (Å²) >= 11 is 1.54. The second kappa shape index (κ2) is 10.9. The monoisotopic (exact) mass is 500 g/mol. The molecule has 2 heterocycles. The lowest BCUT2D eigenvalue weighted by molar-refractivity contribution is -0.128. The molecule has 1 aliphatic heterocycles. The number of rotatable bonds is 9. The van der Waals surface area contributed by atoms with Gasteiger partial charge in [-0.1, -0.05) is 31.3 Å². The topological polar surface area (TPSA) is 84.4 Å². The van der Waals surface area contributed by atoms with Crippen LogP contribution >= 0.6 is 11.3 Å². The number of amides is 2. The molecule has 1 fully saturated rings. The number of alkyl halides is 2. The van der Waals surface area contributed by atoms with Crippen LogP contribution in [0.15, 0.2) is 42.5 Å². The number of aromatic nitrogens is 2. The molecule has 0 spiro atoms. The second-order valence-corrected chi connectivity index (χ2v) is 9.58. The van der Waals surface area contributed by atoms with Crippen LogP contribution in [-0.2, 0) is 11.3 Å². The minimum Gasteiger partial charge on any atom is -0.457 e. The summed E-state index contributed by atoms with van der Waals surface area (Å²) in [6.07, 6.45) is -1.33. The highest BCUT2D eigenvalue weighted by Crippen LogP contribution is 2.32. The van der Waals surface area contributed by atoms with E-state index in [1.807, 2.05) is 12.1 Å². The van der Waals surface area contributed by atoms with Crippen molar-refractivity contribution in [3.8, 4) is 22.1 Å². The number of benzene rings is 2. The third-order valence-electron chi connectivity index (χ3n) is 5.54. The molecule has 0 bridgehead atoms. The molecular formula is C25H26F2N4O3S. The molecule has 0 saturated carbocycles. The Balaban J connectivity index is 1.56. The van der Waals surface area contributed by atoms with Crippen LogP contribution in [0.4, 0.5) is 8.78 Å². The van der Waals surface area contributed by atoms with Crippen molar-refractivity contribution in [3.05, 3.63) is 58.6 Å². The van der Waals surface area contributed by atoms with Gasteiger partial charge in [0.15, 0.2) is 0 Å². The molecule has 7 nitrogen and oxygen atoms in total. The van der Waals surface area contributed by atoms with Gasteiger partial charge in [-0.15, -0.1) is 10.2 Å². The largest absolute Gasteiger partial charge is 0.457 e. The van der Waals surface area contributed by atoms with Crippen LogP contribution in [-0.4, -0.2) is 46.4 Å². The Hall–Kier alpha value is -3.40. The molecule has 0 aliphatic carbocycles. The maximum absolute atomic E-state index is 12.5. The summed E-state index contributed by atoms with van der Waals surface area (Å²) in [5.41, 5.74) is 1.83. The zero-order valence-corrected chi connectivity index (χ0v) is 20.3. The fraction of sp³-hybridized carbons (Fsp3) is 0.360. The summed E-state index contributed by atoms with van der Waals surface area (Å²) < 4.78 is 31.1. The number of carbonyl (C=O) groups excluding carboxylic acids is 2. The molecule has 35 heavy (non-hydrogen) atoms. The van der Waals surface area contributed by atoms with Gasteiger partial charge in [0, 0.05) is 42.1 Å². The van der Waals surface area contributed by atoms with E-state index in [2.05, 4.69) is 29.4 Å². The number of hydrogen-bond donors (Lipinski definition) is 1. The van der Waals surface area contributed by atoms with Gasteiger partial charge in [0.1, 0.15) is 21.5 Å². The maximum atomic E-state index is 12.5. The van der Waals surface area contributed by atoms with Crippen molar-refractivity contribution in [2.75, 3.05) is 13.1 Å². The molecule has 10 heteroatoms. The number of ether oxygens (including phenoxy) is 1. The third kappa shape index (κ3) is 6.19. The number of carbonyl (C=O) groups is 2. The Morgan fingerprint density at radius 2 is 1.94 bits per heavy atom. The van der Waals surface area contributed by atoms with Crippen LogP contribution in [0, 0.1) is 0 Å². The molecule has 1 saturated heterocycles. The van der Waals surface area contributed by atoms with Crippen LogP contribution in [0.1, 0.15) is 53.5 Å². The fourth-order valence-corrected chi connectivity index (χ4v) is 4.50. The predicted molar refractivity (Wildman–Crippen MR) is 129 cm³/mol. The molecule has 4 rings (SSSR count). The summed E-state index contributed by atoms with van der Waals surface area (Å²) in [5.74, 6) is 0.667. The van der Waals surface area contributed by atoms with Gasteiger partial charge >= 0.3 is 0 Å². The number of nitrogens with one attached hydrogen (secondary N) is 1. The average molecular weight is 501 g/mol. The van der Waals surface area contributed by atoms with Crippen LogP contribution in [0.2, 0.25) is 0 Å². The van der Waals surface area contributed by atoms with E-state index in [-0.39, 0.29) is 11.5 Å². The van der Waals surface area contributed by atoms with Crippen molar-refractivity contribution in [2.45, 2.75) is 45.6 Å². The smallest absolute Gasteiger partial charge is 0.255 e. The van der Waals surface area contributed by atoms with Crippen molar-refractivity contribution < 1.29 is 23.1 Å². The van der Waals surface area contributed by atoms with E-state index < -0.39 is 18.9 Å². The number of hydrogen-bond acceptors (Lipinski definition) is 6. The van der Waals surface area contributed by atoms with Crippen molar-refractivity contribution in [1.82, 2.24) is 20.4 Å². The molecule has 184 valence electrons. The van der Waals surface area contributed by atoms with E-state index in [0.29, 0.717) is 36.9 Å². The van der Waals surface area contributed by atoms with Crippen molar-refractivity contribution in [1.29, 1.82) is 0 Å². The Labute approximate surface area is 206 Å². The first-order valence-corrected chi connectivity index (χ1v) is 12.2. The summed E-state index contributed by atoms with van der Waals surface area (Å²) in [5, 5.41) is 12.5. The fourth-order valence-electron chi connectivity index (χ4n) is 3.65. The normalized spacial score (nSPS) is 13.7. The molecule has 1 aliphatic rings. The van der Waals surface area contributed by atoms with Gasteiger partial charge in [-0.2, -0.15) is 0 Å². The third-order valence-corrected chi connectivity index (χ3v) is 6.82. The lowest BCUT2D eigenvalue weighted by Crippen LogP contribution is -2.28. The molecule has 3 aromatic rings. The summed E-state index contributed by atoms with van der Waals surface area (Å²) in [4.78, 5) is 26.2. The minimum absolute atomic E-state index is 0.0666. The zero-order valence-electron chi connectivity index (χ0n) is 19.5. The number of nitrogens with zero attached hydrogens (tertiary/aromatic N) is 3. The van der Waals surface area contributed by atoms with E-state index in [1.54, 1.807) is 29.2 Å². The van der Waals surface area contributed by atoms with Gasteiger partial charge in [0.05, 0.1) is 6.54 Å². The first-order chi connectivity index (χ1) is 16.8. The first-order valence-electron chi connectivity index (χ1n) is 11.4. The zero-order chi connectivity index (χ0) is 24.9. The van der Waals surface area contributed by atoms with E-state index in [1.165, 1.54) is 17.4 Å². The SMILES string of the molecule is CC(C)c1nnc(-c2ccc(Oc3cc(C(=O)NCC(F)F)ccc3CN3CCCC3=O)cc2)s1. The van der Waals surface area contributed by atoms with E-state index >= 15 is 0 Å². The van der Waals surface area contributed by atoms with Gasteiger partial charge in [-0.25, -0.2) is 8.78 Å². The van der Waals surface area contributed by atoms with Crippen LogP contribution < -0.4 is 10.1 Å². The summed E-state index contributed by atoms with van der Waals surface area (Å²) in [6.45, 7) is 4.40. The highest BCUT2D eigenvalue weighted by Gasteiger charge is 2.22. The first kappa shape index (κ1) is 24.7. The van der Waals surface area contributed by atoms with Crippen molar-refractivity contribution in [3.63, 3.8) is 0 Å². The maximum Gasteiger partial charge on any atom is 0.255 e. The second-order valence-electron chi connectivity index (χ2n) is 8.57. The van der Waals surface area contributed by atoms with Crippen molar-refractivity contribution in [2.24, 2.45) is 0 Å². The van der Waals surface area contributed by atoms with E-state index in [4.69, 9.17) is 4.74 Å². The molecule has 2 amide bonds. The molecule has 0 radical (unpaired) electrons. The predicted octanol–water partition coefficient (Wildman–Crippen LogP) is 5.24. The minimum atomic E-state index is -2.64. The Morgan fingerprint density at radius 1 is 1.17 bits per heavy atom. The van der Waals surface area contributed by atoms with Gasteiger partial charge in [0.2, 0.25) is 5.91 Å². The Bertz CT molecular complexity index is 1200. The standard InChI is InChI=1S/C25H26F2N4O3S/c1-15(2)24-29-30-25(35-24)16-7-9-19(10-8-16)34-20-12-17(23(33)28-13-21(26)27)5-6-18(20)14-31-11-3-4-22(31)32/h5-10,12,15,21H,3-4,11,13-14H2,1-2H3,(H,28,33). The van der Waals surface area contributed by atoms with Crippen molar-refractivity contribution >= 4 is 23.2 Å². The summed E-state index contributed by atoms with van der Waals surface area (Å²) in [6, 6.07) is 12.1. The molecular weight excluding hydrogens is 474 g/mol. The number of likely N-dealkylation sites (tertiary alicyclic amines) is 1. The average Bonchev–Trinajstić information content (AvgIpc) is 3.49. The van der Waals surface area contributed by atoms with Crippen LogP contribution in [0.25, 0.3) is 10.6 Å². The molecule has 0 unspecified atom stereocenters. The van der Waals surface area contributed by atoms with Crippen LogP contribution in [0.3, 0.4) is 0 Å². The van der Waals surface area contributed by atoms with Gasteiger partial charge in [0.25, 0.3) is 12.3 Å². The highest BCUT2D eigenvalue weighted by atomic mass is 32.1. The lowest BCUT2D eigenvalue weighted by atomic mass is 10.1. The molecule has 1 aromatic heterocycles.